The number of nitriles is 1. The Kier molecular flexibility index (Phi) is 4.92. The molecular formula is C11H9F2NO3S. The number of thiol groups is 1. The Bertz CT molecular complexity index is 500. The second-order valence-electron chi connectivity index (χ2n) is 3.08. The van der Waals surface area contributed by atoms with Gasteiger partial charge in [0.15, 0.2) is 0 Å². The molecule has 0 aliphatic rings. The van der Waals surface area contributed by atoms with Crippen molar-refractivity contribution in [1.29, 1.82) is 5.26 Å². The van der Waals surface area contributed by atoms with Gasteiger partial charge in [0.1, 0.15) is 11.8 Å². The lowest BCUT2D eigenvalue weighted by atomic mass is 10.1. The van der Waals surface area contributed by atoms with E-state index in [0.29, 0.717) is 0 Å². The molecule has 4 nitrogen and oxygen atoms in total. The predicted molar refractivity (Wildman–Crippen MR) is 61.0 cm³/mol. The van der Waals surface area contributed by atoms with Crippen LogP contribution in [0.3, 0.4) is 0 Å². The van der Waals surface area contributed by atoms with Crippen molar-refractivity contribution in [2.45, 2.75) is 18.4 Å². The molecule has 0 atom stereocenters. The van der Waals surface area contributed by atoms with Crippen LogP contribution in [0.4, 0.5) is 8.78 Å². The summed E-state index contributed by atoms with van der Waals surface area (Å²) < 4.78 is 33.1. The minimum absolute atomic E-state index is 0.0262. The molecule has 0 spiro atoms. The summed E-state index contributed by atoms with van der Waals surface area (Å²) >= 11 is 3.97. The molecule has 7 heteroatoms. The predicted octanol–water partition coefficient (Wildman–Crippen LogP) is 2.63. The normalized spacial score (nSPS) is 10.0. The van der Waals surface area contributed by atoms with Gasteiger partial charge in [0, 0.05) is 4.90 Å². The molecule has 1 rings (SSSR count). The number of alkyl halides is 2. The molecule has 0 aromatic heterocycles. The van der Waals surface area contributed by atoms with Crippen molar-refractivity contribution in [3.63, 3.8) is 0 Å². The van der Waals surface area contributed by atoms with Crippen LogP contribution in [0.1, 0.15) is 22.8 Å². The third-order valence-corrected chi connectivity index (χ3v) is 2.30. The Morgan fingerprint density at radius 2 is 2.22 bits per heavy atom. The first-order valence-corrected chi connectivity index (χ1v) is 5.33. The van der Waals surface area contributed by atoms with Gasteiger partial charge in [0.2, 0.25) is 0 Å². The minimum atomic E-state index is -3.06. The van der Waals surface area contributed by atoms with Gasteiger partial charge in [-0.15, -0.1) is 12.6 Å². The number of esters is 1. The van der Waals surface area contributed by atoms with E-state index in [1.54, 1.807) is 13.0 Å². The summed E-state index contributed by atoms with van der Waals surface area (Å²) in [6.45, 7) is -1.28. The maximum atomic E-state index is 12.1. The summed E-state index contributed by atoms with van der Waals surface area (Å²) in [5.74, 6) is -1.01. The Hall–Kier alpha value is -1.81. The van der Waals surface area contributed by atoms with Crippen LogP contribution in [0.2, 0.25) is 0 Å². The zero-order chi connectivity index (χ0) is 13.7. The molecule has 0 saturated heterocycles. The van der Waals surface area contributed by atoms with E-state index >= 15 is 0 Å². The highest BCUT2D eigenvalue weighted by molar-refractivity contribution is 7.80. The Labute approximate surface area is 108 Å². The molecular weight excluding hydrogens is 264 g/mol. The summed E-state index contributed by atoms with van der Waals surface area (Å²) in [5.41, 5.74) is -0.158. The van der Waals surface area contributed by atoms with Crippen molar-refractivity contribution in [3.05, 3.63) is 23.3 Å². The minimum Gasteiger partial charge on any atom is -0.462 e. The third-order valence-electron chi connectivity index (χ3n) is 1.93. The summed E-state index contributed by atoms with van der Waals surface area (Å²) in [5, 5.41) is 8.81. The second kappa shape index (κ2) is 6.21. The number of carbonyl (C=O) groups is 1. The molecule has 0 saturated carbocycles. The van der Waals surface area contributed by atoms with Crippen LogP contribution in [0, 0.1) is 11.3 Å². The zero-order valence-electron chi connectivity index (χ0n) is 9.31. The van der Waals surface area contributed by atoms with E-state index in [1.807, 2.05) is 0 Å². The topological polar surface area (TPSA) is 59.3 Å². The van der Waals surface area contributed by atoms with Gasteiger partial charge in [-0.3, -0.25) is 0 Å². The van der Waals surface area contributed by atoms with Gasteiger partial charge < -0.3 is 9.47 Å². The van der Waals surface area contributed by atoms with Gasteiger partial charge in [-0.2, -0.15) is 14.0 Å². The first-order chi connectivity index (χ1) is 8.49. The van der Waals surface area contributed by atoms with E-state index in [2.05, 4.69) is 17.4 Å². The highest BCUT2D eigenvalue weighted by Gasteiger charge is 2.17. The van der Waals surface area contributed by atoms with E-state index in [4.69, 9.17) is 10.00 Å². The number of halogens is 2. The Morgan fingerprint density at radius 3 is 2.72 bits per heavy atom. The highest BCUT2D eigenvalue weighted by Crippen LogP contribution is 2.27. The average Bonchev–Trinajstić information content (AvgIpc) is 2.28. The number of ether oxygens (including phenoxy) is 2. The Morgan fingerprint density at radius 1 is 1.56 bits per heavy atom. The van der Waals surface area contributed by atoms with Crippen LogP contribution in [0.15, 0.2) is 17.0 Å². The van der Waals surface area contributed by atoms with Crippen molar-refractivity contribution < 1.29 is 23.0 Å². The van der Waals surface area contributed by atoms with Crippen LogP contribution < -0.4 is 4.74 Å². The van der Waals surface area contributed by atoms with E-state index < -0.39 is 12.6 Å². The van der Waals surface area contributed by atoms with Gasteiger partial charge in [-0.1, -0.05) is 0 Å². The fraction of sp³-hybridized carbons (Fsp3) is 0.273. The highest BCUT2D eigenvalue weighted by atomic mass is 32.1. The van der Waals surface area contributed by atoms with Gasteiger partial charge in [0.25, 0.3) is 0 Å². The number of hydrogen-bond donors (Lipinski definition) is 1. The number of rotatable bonds is 4. The van der Waals surface area contributed by atoms with Crippen LogP contribution >= 0.6 is 12.6 Å². The lowest BCUT2D eigenvalue weighted by molar-refractivity contribution is -0.0501. The van der Waals surface area contributed by atoms with E-state index in [1.165, 1.54) is 0 Å². The third kappa shape index (κ3) is 3.34. The number of hydrogen-bond acceptors (Lipinski definition) is 5. The van der Waals surface area contributed by atoms with E-state index in [0.717, 1.165) is 12.1 Å². The summed E-state index contributed by atoms with van der Waals surface area (Å²) in [6, 6.07) is 3.86. The average molecular weight is 273 g/mol. The van der Waals surface area contributed by atoms with Crippen LogP contribution in [-0.2, 0) is 4.74 Å². The standard InChI is InChI=1S/C11H9F2NO3S/c1-2-16-10(15)7-3-6(5-14)8(4-9(7)18)17-11(12)13/h3-4,11,18H,2H2,1H3. The molecule has 0 unspecified atom stereocenters. The van der Waals surface area contributed by atoms with Gasteiger partial charge in [-0.05, 0) is 19.1 Å². The SMILES string of the molecule is CCOC(=O)c1cc(C#N)c(OC(F)F)cc1S. The largest absolute Gasteiger partial charge is 0.462 e. The van der Waals surface area contributed by atoms with Crippen molar-refractivity contribution >= 4 is 18.6 Å². The Balaban J connectivity index is 3.19. The molecule has 96 valence electrons. The summed E-state index contributed by atoms with van der Waals surface area (Å²) in [4.78, 5) is 11.6. The molecule has 0 aliphatic carbocycles. The maximum Gasteiger partial charge on any atom is 0.387 e. The molecule has 0 amide bonds. The maximum absolute atomic E-state index is 12.1. The number of carbonyl (C=O) groups excluding carboxylic acids is 1. The number of nitrogens with zero attached hydrogens (tertiary/aromatic N) is 1. The van der Waals surface area contributed by atoms with Crippen molar-refractivity contribution in [2.24, 2.45) is 0 Å². The second-order valence-corrected chi connectivity index (χ2v) is 3.56. The molecule has 0 heterocycles. The lowest BCUT2D eigenvalue weighted by Crippen LogP contribution is -2.08. The van der Waals surface area contributed by atoms with E-state index in [9.17, 15) is 13.6 Å². The van der Waals surface area contributed by atoms with Crippen molar-refractivity contribution in [3.8, 4) is 11.8 Å². The summed E-state index contributed by atoms with van der Waals surface area (Å²) in [6.07, 6.45) is 0. The molecule has 0 N–H and O–H groups in total. The first kappa shape index (κ1) is 14.3. The van der Waals surface area contributed by atoms with Crippen LogP contribution in [-0.4, -0.2) is 19.2 Å². The fourth-order valence-electron chi connectivity index (χ4n) is 1.22. The molecule has 0 fully saturated rings. The van der Waals surface area contributed by atoms with Gasteiger partial charge >= 0.3 is 12.6 Å². The van der Waals surface area contributed by atoms with Gasteiger partial charge in [0.05, 0.1) is 17.7 Å². The molecule has 1 aromatic carbocycles. The smallest absolute Gasteiger partial charge is 0.387 e. The summed E-state index contributed by atoms with van der Waals surface area (Å²) in [7, 11) is 0. The molecule has 1 aromatic rings. The lowest BCUT2D eigenvalue weighted by Gasteiger charge is -2.10. The molecule has 18 heavy (non-hydrogen) atoms. The quantitative estimate of drug-likeness (QED) is 0.676. The molecule has 0 aliphatic heterocycles. The van der Waals surface area contributed by atoms with E-state index in [-0.39, 0.29) is 28.4 Å². The first-order valence-electron chi connectivity index (χ1n) is 4.88. The van der Waals surface area contributed by atoms with Crippen LogP contribution in [0.5, 0.6) is 5.75 Å². The zero-order valence-corrected chi connectivity index (χ0v) is 10.2. The van der Waals surface area contributed by atoms with Gasteiger partial charge in [-0.25, -0.2) is 4.79 Å². The van der Waals surface area contributed by atoms with Crippen LogP contribution in [0.25, 0.3) is 0 Å². The monoisotopic (exact) mass is 273 g/mol. The van der Waals surface area contributed by atoms with Crippen molar-refractivity contribution in [2.75, 3.05) is 6.61 Å². The molecule has 0 bridgehead atoms. The number of benzene rings is 1. The fourth-order valence-corrected chi connectivity index (χ4v) is 1.50. The molecule has 0 radical (unpaired) electrons. The van der Waals surface area contributed by atoms with Crippen molar-refractivity contribution in [1.82, 2.24) is 0 Å².